The van der Waals surface area contributed by atoms with Crippen LogP contribution < -0.4 is 20.9 Å². The van der Waals surface area contributed by atoms with Gasteiger partial charge in [-0.3, -0.25) is 0 Å². The molecule has 2 amide bonds. The van der Waals surface area contributed by atoms with Crippen molar-refractivity contribution in [2.45, 2.75) is 31.7 Å². The van der Waals surface area contributed by atoms with E-state index in [0.29, 0.717) is 24.5 Å². The summed E-state index contributed by atoms with van der Waals surface area (Å²) >= 11 is 0. The highest BCUT2D eigenvalue weighted by atomic mass is 16.2. The molecule has 162 valence electrons. The third-order valence-electron chi connectivity index (χ3n) is 5.77. The van der Waals surface area contributed by atoms with Gasteiger partial charge in [0.05, 0.1) is 5.52 Å². The van der Waals surface area contributed by atoms with Crippen molar-refractivity contribution in [2.75, 3.05) is 36.2 Å². The van der Waals surface area contributed by atoms with Crippen molar-refractivity contribution < 1.29 is 4.79 Å². The summed E-state index contributed by atoms with van der Waals surface area (Å²) in [7, 11) is 4.01. The Morgan fingerprint density at radius 3 is 2.42 bits per heavy atom. The first-order valence-corrected chi connectivity index (χ1v) is 10.9. The van der Waals surface area contributed by atoms with E-state index < -0.39 is 0 Å². The molecule has 0 unspecified atom stereocenters. The number of aromatic nitrogens is 2. The van der Waals surface area contributed by atoms with Crippen molar-refractivity contribution >= 4 is 34.4 Å². The highest BCUT2D eigenvalue weighted by Gasteiger charge is 2.22. The zero-order valence-electron chi connectivity index (χ0n) is 18.1. The number of anilines is 3. The van der Waals surface area contributed by atoms with Crippen LogP contribution in [0.15, 0.2) is 54.6 Å². The fourth-order valence-corrected chi connectivity index (χ4v) is 4.09. The third-order valence-corrected chi connectivity index (χ3v) is 5.77. The van der Waals surface area contributed by atoms with E-state index in [9.17, 15) is 4.79 Å². The van der Waals surface area contributed by atoms with E-state index in [1.807, 2.05) is 67.5 Å². The second kappa shape index (κ2) is 9.64. The molecule has 1 aromatic heterocycles. The van der Waals surface area contributed by atoms with Crippen LogP contribution in [0.3, 0.4) is 0 Å². The summed E-state index contributed by atoms with van der Waals surface area (Å²) < 4.78 is 0. The molecule has 2 aromatic carbocycles. The number of rotatable bonds is 6. The van der Waals surface area contributed by atoms with Gasteiger partial charge < -0.3 is 20.9 Å². The normalized spacial score (nSPS) is 18.4. The van der Waals surface area contributed by atoms with Crippen LogP contribution in [0.5, 0.6) is 0 Å². The first-order valence-electron chi connectivity index (χ1n) is 10.9. The highest BCUT2D eigenvalue weighted by Crippen LogP contribution is 2.28. The Hall–Kier alpha value is -3.35. The Labute approximate surface area is 183 Å². The molecule has 4 rings (SSSR count). The molecule has 1 fully saturated rings. The molecule has 0 radical (unpaired) electrons. The maximum atomic E-state index is 12.1. The van der Waals surface area contributed by atoms with E-state index in [2.05, 4.69) is 22.0 Å². The first-order chi connectivity index (χ1) is 15.1. The summed E-state index contributed by atoms with van der Waals surface area (Å²) in [5, 5.41) is 10.5. The lowest BCUT2D eigenvalue weighted by Gasteiger charge is -2.29. The van der Waals surface area contributed by atoms with Gasteiger partial charge in [0.1, 0.15) is 5.82 Å². The van der Waals surface area contributed by atoms with Crippen LogP contribution in [0.4, 0.5) is 22.2 Å². The van der Waals surface area contributed by atoms with E-state index in [1.54, 1.807) is 0 Å². The van der Waals surface area contributed by atoms with Gasteiger partial charge in [-0.1, -0.05) is 30.3 Å². The van der Waals surface area contributed by atoms with E-state index in [0.717, 1.165) is 48.1 Å². The highest BCUT2D eigenvalue weighted by molar-refractivity contribution is 5.90. The van der Waals surface area contributed by atoms with Crippen LogP contribution in [0.1, 0.15) is 25.7 Å². The number of carbonyl (C=O) groups is 1. The Bertz CT molecular complexity index is 1020. The Kier molecular flexibility index (Phi) is 6.50. The molecule has 7 nitrogen and oxygen atoms in total. The summed E-state index contributed by atoms with van der Waals surface area (Å²) in [6.45, 7) is 0.697. The predicted molar refractivity (Wildman–Crippen MR) is 127 cm³/mol. The van der Waals surface area contributed by atoms with Crippen molar-refractivity contribution in [3.63, 3.8) is 0 Å². The van der Waals surface area contributed by atoms with Gasteiger partial charge in [0.15, 0.2) is 0 Å². The molecule has 0 spiro atoms. The number of urea groups is 1. The predicted octanol–water partition coefficient (Wildman–Crippen LogP) is 4.49. The quantitative estimate of drug-likeness (QED) is 0.549. The van der Waals surface area contributed by atoms with Gasteiger partial charge in [0.25, 0.3) is 0 Å². The average molecular weight is 419 g/mol. The molecular weight excluding hydrogens is 388 g/mol. The van der Waals surface area contributed by atoms with Crippen LogP contribution in [0.25, 0.3) is 10.9 Å². The molecule has 3 aromatic rings. The van der Waals surface area contributed by atoms with Crippen molar-refractivity contribution in [1.29, 1.82) is 0 Å². The lowest BCUT2D eigenvalue weighted by molar-refractivity contribution is 0.246. The number of hydrogen-bond acceptors (Lipinski definition) is 5. The van der Waals surface area contributed by atoms with Gasteiger partial charge in [0.2, 0.25) is 5.95 Å². The number of benzene rings is 2. The molecule has 7 heteroatoms. The number of nitrogens with zero attached hydrogens (tertiary/aromatic N) is 3. The second-order valence-electron chi connectivity index (χ2n) is 8.35. The van der Waals surface area contributed by atoms with Gasteiger partial charge in [-0.25, -0.2) is 9.78 Å². The lowest BCUT2D eigenvalue weighted by atomic mass is 9.86. The fourth-order valence-electron chi connectivity index (χ4n) is 4.09. The van der Waals surface area contributed by atoms with Crippen molar-refractivity contribution in [3.8, 4) is 0 Å². The number of nitrogens with one attached hydrogen (secondary N) is 3. The Morgan fingerprint density at radius 2 is 1.68 bits per heavy atom. The number of carbonyl (C=O) groups excluding carboxylic acids is 1. The van der Waals surface area contributed by atoms with Gasteiger partial charge in [0, 0.05) is 37.8 Å². The van der Waals surface area contributed by atoms with Crippen LogP contribution in [0, 0.1) is 5.92 Å². The number of para-hydroxylation sites is 2. The zero-order chi connectivity index (χ0) is 21.6. The molecule has 0 aliphatic heterocycles. The number of fused-ring (bicyclic) bond motifs is 1. The number of amides is 2. The minimum Gasteiger partial charge on any atom is -0.362 e. The van der Waals surface area contributed by atoms with Crippen molar-refractivity contribution in [1.82, 2.24) is 15.3 Å². The van der Waals surface area contributed by atoms with E-state index >= 15 is 0 Å². The summed E-state index contributed by atoms with van der Waals surface area (Å²) in [6, 6.07) is 17.8. The van der Waals surface area contributed by atoms with Crippen LogP contribution >= 0.6 is 0 Å². The van der Waals surface area contributed by atoms with Gasteiger partial charge >= 0.3 is 6.03 Å². The monoisotopic (exact) mass is 418 g/mol. The van der Waals surface area contributed by atoms with Crippen LogP contribution in [-0.4, -0.2) is 42.7 Å². The third kappa shape index (κ3) is 5.42. The molecule has 1 saturated carbocycles. The maximum absolute atomic E-state index is 12.1. The lowest BCUT2D eigenvalue weighted by Crippen LogP contribution is -2.36. The molecular formula is C24H30N6O. The Morgan fingerprint density at radius 1 is 0.968 bits per heavy atom. The smallest absolute Gasteiger partial charge is 0.319 e. The minimum atomic E-state index is -0.146. The molecule has 31 heavy (non-hydrogen) atoms. The summed E-state index contributed by atoms with van der Waals surface area (Å²) in [5.41, 5.74) is 1.76. The SMILES string of the molecule is CN(C)c1nc(NC2CCC(CNC(=O)Nc3ccccc3)CC2)nc2ccccc12. The zero-order valence-corrected chi connectivity index (χ0v) is 18.1. The van der Waals surface area contributed by atoms with E-state index in [4.69, 9.17) is 9.97 Å². The van der Waals surface area contributed by atoms with Gasteiger partial charge in [-0.15, -0.1) is 0 Å². The van der Waals surface area contributed by atoms with Crippen LogP contribution in [-0.2, 0) is 0 Å². The average Bonchev–Trinajstić information content (AvgIpc) is 2.78. The van der Waals surface area contributed by atoms with Crippen molar-refractivity contribution in [2.24, 2.45) is 5.92 Å². The second-order valence-corrected chi connectivity index (χ2v) is 8.35. The minimum absolute atomic E-state index is 0.146. The first kappa shape index (κ1) is 20.9. The topological polar surface area (TPSA) is 82.2 Å². The summed E-state index contributed by atoms with van der Waals surface area (Å²) in [5.74, 6) is 2.11. The van der Waals surface area contributed by atoms with Crippen molar-refractivity contribution in [3.05, 3.63) is 54.6 Å². The van der Waals surface area contributed by atoms with Gasteiger partial charge in [-0.05, 0) is 55.9 Å². The molecule has 1 aliphatic rings. The number of hydrogen-bond donors (Lipinski definition) is 3. The molecule has 1 aliphatic carbocycles. The standard InChI is InChI=1S/C24H30N6O/c1-30(2)22-20-10-6-7-11-21(20)28-23(29-22)26-19-14-12-17(13-15-19)16-25-24(31)27-18-8-4-3-5-9-18/h3-11,17,19H,12-16H2,1-2H3,(H2,25,27,31)(H,26,28,29). The summed E-state index contributed by atoms with van der Waals surface area (Å²) in [4.78, 5) is 23.6. The molecule has 0 atom stereocenters. The van der Waals surface area contributed by atoms with Gasteiger partial charge in [-0.2, -0.15) is 4.98 Å². The molecule has 3 N–H and O–H groups in total. The Balaban J connectivity index is 1.28. The maximum Gasteiger partial charge on any atom is 0.319 e. The van der Waals surface area contributed by atoms with Crippen LogP contribution in [0.2, 0.25) is 0 Å². The molecule has 1 heterocycles. The largest absolute Gasteiger partial charge is 0.362 e. The van der Waals surface area contributed by atoms with E-state index in [-0.39, 0.29) is 6.03 Å². The summed E-state index contributed by atoms with van der Waals surface area (Å²) in [6.07, 6.45) is 4.22. The fraction of sp³-hybridized carbons (Fsp3) is 0.375. The molecule has 0 bridgehead atoms. The van der Waals surface area contributed by atoms with E-state index in [1.165, 1.54) is 0 Å². The molecule has 0 saturated heterocycles.